The lowest BCUT2D eigenvalue weighted by atomic mass is 10.1. The number of H-pyrrole nitrogens is 1. The number of hydrogen-bond donors (Lipinski definition) is 2. The molecule has 0 atom stereocenters. The minimum atomic E-state index is -0.984. The van der Waals surface area contributed by atoms with Gasteiger partial charge in [0.05, 0.1) is 11.3 Å². The van der Waals surface area contributed by atoms with Crippen molar-refractivity contribution in [3.63, 3.8) is 0 Å². The van der Waals surface area contributed by atoms with E-state index < -0.39 is 5.97 Å². The van der Waals surface area contributed by atoms with E-state index in [0.29, 0.717) is 5.02 Å². The Hall–Kier alpha value is -2.33. The molecule has 0 spiro atoms. The number of carboxylic acids is 1. The Kier molecular flexibility index (Phi) is 2.95. The van der Waals surface area contributed by atoms with Gasteiger partial charge in [0.15, 0.2) is 0 Å². The molecule has 0 bridgehead atoms. The maximum absolute atomic E-state index is 10.9. The van der Waals surface area contributed by atoms with Crippen molar-refractivity contribution in [3.05, 3.63) is 52.8 Å². The smallest absolute Gasteiger partial charge is 0.337 e. The Morgan fingerprint density at radius 1 is 1.30 bits per heavy atom. The first-order chi connectivity index (χ1) is 9.56. The van der Waals surface area contributed by atoms with Crippen LogP contribution in [0, 0.1) is 6.92 Å². The van der Waals surface area contributed by atoms with Gasteiger partial charge in [-0.15, -0.1) is 0 Å². The molecule has 5 heteroatoms. The van der Waals surface area contributed by atoms with Crippen LogP contribution in [0.5, 0.6) is 0 Å². The Balaban J connectivity index is 2.20. The van der Waals surface area contributed by atoms with Gasteiger partial charge in [-0.1, -0.05) is 11.6 Å². The fourth-order valence-corrected chi connectivity index (χ4v) is 2.47. The topological polar surface area (TPSA) is 66.0 Å². The highest BCUT2D eigenvalue weighted by atomic mass is 35.5. The number of carboxylic acid groups (broad SMARTS) is 1. The Morgan fingerprint density at radius 2 is 2.10 bits per heavy atom. The lowest BCUT2D eigenvalue weighted by molar-refractivity contribution is 0.0696. The third-order valence-corrected chi connectivity index (χ3v) is 3.45. The van der Waals surface area contributed by atoms with E-state index in [9.17, 15) is 4.79 Å². The van der Waals surface area contributed by atoms with Gasteiger partial charge in [-0.2, -0.15) is 0 Å². The highest BCUT2D eigenvalue weighted by Crippen LogP contribution is 2.32. The van der Waals surface area contributed by atoms with Gasteiger partial charge in [0.25, 0.3) is 0 Å². The SMILES string of the molecule is Cc1[nH]c2ccc(Cl)cc2c1-c1ccc(C(=O)O)cn1. The number of nitrogens with zero attached hydrogens (tertiary/aromatic N) is 1. The van der Waals surface area contributed by atoms with Crippen molar-refractivity contribution in [1.82, 2.24) is 9.97 Å². The molecule has 0 aliphatic heterocycles. The molecule has 2 heterocycles. The highest BCUT2D eigenvalue weighted by molar-refractivity contribution is 6.31. The monoisotopic (exact) mass is 286 g/mol. The summed E-state index contributed by atoms with van der Waals surface area (Å²) in [6.07, 6.45) is 1.36. The molecule has 4 nitrogen and oxygen atoms in total. The maximum Gasteiger partial charge on any atom is 0.337 e. The fraction of sp³-hybridized carbons (Fsp3) is 0.0667. The second-order valence-electron chi connectivity index (χ2n) is 4.55. The first-order valence-electron chi connectivity index (χ1n) is 6.04. The van der Waals surface area contributed by atoms with E-state index in [-0.39, 0.29) is 5.56 Å². The number of hydrogen-bond acceptors (Lipinski definition) is 2. The van der Waals surface area contributed by atoms with Crippen molar-refractivity contribution in [3.8, 4) is 11.3 Å². The summed E-state index contributed by atoms with van der Waals surface area (Å²) in [5.41, 5.74) is 3.79. The highest BCUT2D eigenvalue weighted by Gasteiger charge is 2.13. The van der Waals surface area contributed by atoms with Crippen LogP contribution < -0.4 is 0 Å². The molecule has 3 rings (SSSR count). The van der Waals surface area contributed by atoms with Crippen molar-refractivity contribution < 1.29 is 9.90 Å². The predicted octanol–water partition coefficient (Wildman–Crippen LogP) is 3.89. The normalized spacial score (nSPS) is 10.9. The van der Waals surface area contributed by atoms with E-state index in [0.717, 1.165) is 27.9 Å². The van der Waals surface area contributed by atoms with Crippen LogP contribution in [0.15, 0.2) is 36.5 Å². The van der Waals surface area contributed by atoms with Gasteiger partial charge in [0.1, 0.15) is 0 Å². The largest absolute Gasteiger partial charge is 0.478 e. The van der Waals surface area contributed by atoms with Crippen LogP contribution in [0.2, 0.25) is 5.02 Å². The number of pyridine rings is 1. The molecule has 20 heavy (non-hydrogen) atoms. The molecule has 2 aromatic heterocycles. The summed E-state index contributed by atoms with van der Waals surface area (Å²) in [5.74, 6) is -0.984. The van der Waals surface area contributed by atoms with Crippen molar-refractivity contribution >= 4 is 28.5 Å². The van der Waals surface area contributed by atoms with Gasteiger partial charge in [-0.3, -0.25) is 4.98 Å². The minimum absolute atomic E-state index is 0.171. The molecule has 3 aromatic rings. The molecule has 2 N–H and O–H groups in total. The van der Waals surface area contributed by atoms with Gasteiger partial charge in [0.2, 0.25) is 0 Å². The van der Waals surface area contributed by atoms with Crippen LogP contribution in [0.3, 0.4) is 0 Å². The predicted molar refractivity (Wildman–Crippen MR) is 78.2 cm³/mol. The number of aromatic nitrogens is 2. The molecular weight excluding hydrogens is 276 g/mol. The number of aromatic amines is 1. The van der Waals surface area contributed by atoms with Crippen LogP contribution in [0.4, 0.5) is 0 Å². The number of fused-ring (bicyclic) bond motifs is 1. The summed E-state index contributed by atoms with van der Waals surface area (Å²) in [4.78, 5) is 18.4. The second-order valence-corrected chi connectivity index (χ2v) is 4.99. The van der Waals surface area contributed by atoms with Crippen molar-refractivity contribution in [1.29, 1.82) is 0 Å². The van der Waals surface area contributed by atoms with Crippen molar-refractivity contribution in [2.24, 2.45) is 0 Å². The van der Waals surface area contributed by atoms with Crippen LogP contribution in [-0.2, 0) is 0 Å². The van der Waals surface area contributed by atoms with Gasteiger partial charge >= 0.3 is 5.97 Å². The number of nitrogens with one attached hydrogen (secondary N) is 1. The molecule has 0 saturated heterocycles. The van der Waals surface area contributed by atoms with Crippen LogP contribution in [0.1, 0.15) is 16.1 Å². The molecule has 0 unspecified atom stereocenters. The summed E-state index contributed by atoms with van der Waals surface area (Å²) in [7, 11) is 0. The second kappa shape index (κ2) is 4.65. The maximum atomic E-state index is 10.9. The van der Waals surface area contributed by atoms with E-state index in [2.05, 4.69) is 9.97 Å². The van der Waals surface area contributed by atoms with Gasteiger partial charge in [0, 0.05) is 33.4 Å². The summed E-state index contributed by atoms with van der Waals surface area (Å²) in [6, 6.07) is 8.88. The number of halogens is 1. The van der Waals surface area contributed by atoms with E-state index in [1.54, 1.807) is 12.1 Å². The molecule has 0 aliphatic rings. The number of aromatic carboxylic acids is 1. The molecule has 100 valence electrons. The summed E-state index contributed by atoms with van der Waals surface area (Å²) >= 11 is 6.04. The first kappa shape index (κ1) is 12.7. The van der Waals surface area contributed by atoms with Crippen molar-refractivity contribution in [2.75, 3.05) is 0 Å². The number of benzene rings is 1. The lowest BCUT2D eigenvalue weighted by Gasteiger charge is -2.02. The van der Waals surface area contributed by atoms with Crippen LogP contribution in [-0.4, -0.2) is 21.0 Å². The Bertz CT molecular complexity index is 807. The van der Waals surface area contributed by atoms with Gasteiger partial charge in [-0.25, -0.2) is 4.79 Å². The van der Waals surface area contributed by atoms with Crippen molar-refractivity contribution in [2.45, 2.75) is 6.92 Å². The molecule has 0 fully saturated rings. The minimum Gasteiger partial charge on any atom is -0.478 e. The zero-order valence-electron chi connectivity index (χ0n) is 10.6. The zero-order chi connectivity index (χ0) is 14.3. The van der Waals surface area contributed by atoms with E-state index in [4.69, 9.17) is 16.7 Å². The van der Waals surface area contributed by atoms with Gasteiger partial charge < -0.3 is 10.1 Å². The van der Waals surface area contributed by atoms with Gasteiger partial charge in [-0.05, 0) is 37.3 Å². The third-order valence-electron chi connectivity index (χ3n) is 3.21. The summed E-state index contributed by atoms with van der Waals surface area (Å²) in [6.45, 7) is 1.95. The number of carbonyl (C=O) groups is 1. The van der Waals surface area contributed by atoms with Crippen LogP contribution >= 0.6 is 11.6 Å². The Morgan fingerprint density at radius 3 is 2.75 bits per heavy atom. The number of rotatable bonds is 2. The average Bonchev–Trinajstić information content (AvgIpc) is 2.74. The summed E-state index contributed by atoms with van der Waals surface area (Å²) < 4.78 is 0. The molecule has 0 saturated carbocycles. The third kappa shape index (κ3) is 2.04. The standard InChI is InChI=1S/C15H11ClN2O2/c1-8-14(11-6-10(16)3-5-12(11)18-8)13-4-2-9(7-17-13)15(19)20/h2-7,18H,1H3,(H,19,20). The molecule has 1 aromatic carbocycles. The fourth-order valence-electron chi connectivity index (χ4n) is 2.30. The quantitative estimate of drug-likeness (QED) is 0.751. The Labute approximate surface area is 120 Å². The lowest BCUT2D eigenvalue weighted by Crippen LogP contribution is -1.97. The molecular formula is C15H11ClN2O2. The van der Waals surface area contributed by atoms with E-state index in [1.807, 2.05) is 25.1 Å². The van der Waals surface area contributed by atoms with E-state index >= 15 is 0 Å². The zero-order valence-corrected chi connectivity index (χ0v) is 11.4. The molecule has 0 radical (unpaired) electrons. The number of aryl methyl sites for hydroxylation is 1. The molecule has 0 aliphatic carbocycles. The molecule has 0 amide bonds. The summed E-state index contributed by atoms with van der Waals surface area (Å²) in [5, 5.41) is 10.5. The average molecular weight is 287 g/mol. The van der Waals surface area contributed by atoms with E-state index in [1.165, 1.54) is 6.20 Å². The van der Waals surface area contributed by atoms with Crippen LogP contribution in [0.25, 0.3) is 22.2 Å². The first-order valence-corrected chi connectivity index (χ1v) is 6.41.